The number of hydrogen-bond donors (Lipinski definition) is 1. The lowest BCUT2D eigenvalue weighted by Crippen LogP contribution is -2.41. The Kier molecular flexibility index (Phi) is 9.20. The molecule has 0 bridgehead atoms. The number of aromatic nitrogens is 1. The van der Waals surface area contributed by atoms with Crippen molar-refractivity contribution in [2.24, 2.45) is 5.92 Å². The molecule has 3 amide bonds. The van der Waals surface area contributed by atoms with Gasteiger partial charge in [0.1, 0.15) is 6.54 Å². The number of thiazole rings is 1. The van der Waals surface area contributed by atoms with Gasteiger partial charge in [-0.2, -0.15) is 0 Å². The third kappa shape index (κ3) is 6.89. The van der Waals surface area contributed by atoms with Crippen LogP contribution >= 0.6 is 11.3 Å². The van der Waals surface area contributed by atoms with Gasteiger partial charge < -0.3 is 24.3 Å². The molecule has 184 valence electrons. The Bertz CT molecular complexity index is 982. The number of esters is 1. The number of carbonyl (C=O) groups is 4. The second-order valence-electron chi connectivity index (χ2n) is 7.98. The first-order valence-corrected chi connectivity index (χ1v) is 12.3. The van der Waals surface area contributed by atoms with Crippen LogP contribution in [-0.4, -0.2) is 71.3 Å². The monoisotopic (exact) mass is 490 g/mol. The SMILES string of the molecule is CCCN(CC(=O)Nc1nc(CC(=O)N2CCC(C(=O)OCC)CC2)cs1)C(=O)c1ccco1. The molecule has 2 aromatic rings. The first kappa shape index (κ1) is 25.4. The highest BCUT2D eigenvalue weighted by molar-refractivity contribution is 7.13. The molecule has 34 heavy (non-hydrogen) atoms. The molecule has 2 aromatic heterocycles. The van der Waals surface area contributed by atoms with Gasteiger partial charge in [0.2, 0.25) is 11.8 Å². The summed E-state index contributed by atoms with van der Waals surface area (Å²) < 4.78 is 10.2. The number of rotatable bonds is 10. The quantitative estimate of drug-likeness (QED) is 0.508. The molecule has 3 heterocycles. The number of piperidine rings is 1. The Morgan fingerprint density at radius 2 is 2.03 bits per heavy atom. The van der Waals surface area contributed by atoms with Crippen LogP contribution in [0.2, 0.25) is 0 Å². The van der Waals surface area contributed by atoms with Crippen molar-refractivity contribution in [1.82, 2.24) is 14.8 Å². The average Bonchev–Trinajstić information content (AvgIpc) is 3.51. The molecule has 0 aliphatic carbocycles. The van der Waals surface area contributed by atoms with Crippen molar-refractivity contribution < 1.29 is 28.3 Å². The van der Waals surface area contributed by atoms with E-state index in [4.69, 9.17) is 9.15 Å². The molecule has 10 nitrogen and oxygen atoms in total. The third-order valence-electron chi connectivity index (χ3n) is 5.45. The molecule has 0 aromatic carbocycles. The second-order valence-corrected chi connectivity index (χ2v) is 8.84. The summed E-state index contributed by atoms with van der Waals surface area (Å²) in [6.45, 7) is 5.36. The lowest BCUT2D eigenvalue weighted by Gasteiger charge is -2.30. The Labute approximate surface area is 202 Å². The van der Waals surface area contributed by atoms with Gasteiger partial charge in [0.15, 0.2) is 10.9 Å². The standard InChI is InChI=1S/C23H30N4O6S/c1-3-9-27(21(30)18-6-5-12-33-18)14-19(28)25-23-24-17(15-34-23)13-20(29)26-10-7-16(8-11-26)22(31)32-4-2/h5-6,12,15-16H,3-4,7-11,13-14H2,1-2H3,(H,24,25,28). The maximum atomic E-state index is 12.6. The summed E-state index contributed by atoms with van der Waals surface area (Å²) in [4.78, 5) is 57.0. The number of ether oxygens (including phenoxy) is 1. The molecule has 1 N–H and O–H groups in total. The summed E-state index contributed by atoms with van der Waals surface area (Å²) in [7, 11) is 0. The van der Waals surface area contributed by atoms with Crippen LogP contribution in [0, 0.1) is 5.92 Å². The van der Waals surface area contributed by atoms with Crippen LogP contribution in [0.15, 0.2) is 28.2 Å². The molecule has 0 radical (unpaired) electrons. The Morgan fingerprint density at radius 3 is 2.68 bits per heavy atom. The van der Waals surface area contributed by atoms with Crippen molar-refractivity contribution in [3.8, 4) is 0 Å². The fraction of sp³-hybridized carbons (Fsp3) is 0.522. The van der Waals surface area contributed by atoms with Crippen molar-refractivity contribution in [2.45, 2.75) is 39.5 Å². The van der Waals surface area contributed by atoms with E-state index in [1.54, 1.807) is 29.3 Å². The van der Waals surface area contributed by atoms with Crippen LogP contribution in [-0.2, 0) is 25.5 Å². The number of nitrogens with one attached hydrogen (secondary N) is 1. The minimum Gasteiger partial charge on any atom is -0.466 e. The largest absolute Gasteiger partial charge is 0.466 e. The first-order valence-electron chi connectivity index (χ1n) is 11.4. The molecule has 1 aliphatic heterocycles. The van der Waals surface area contributed by atoms with Crippen LogP contribution in [0.1, 0.15) is 49.4 Å². The molecule has 0 spiro atoms. The zero-order valence-corrected chi connectivity index (χ0v) is 20.3. The molecule has 1 aliphatic rings. The number of anilines is 1. The smallest absolute Gasteiger partial charge is 0.309 e. The fourth-order valence-electron chi connectivity index (χ4n) is 3.75. The van der Waals surface area contributed by atoms with Gasteiger partial charge in [-0.3, -0.25) is 19.2 Å². The van der Waals surface area contributed by atoms with Gasteiger partial charge in [-0.25, -0.2) is 4.98 Å². The van der Waals surface area contributed by atoms with Crippen molar-refractivity contribution in [2.75, 3.05) is 38.1 Å². The molecule has 0 atom stereocenters. The van der Waals surface area contributed by atoms with E-state index in [0.717, 1.165) is 0 Å². The van der Waals surface area contributed by atoms with Gasteiger partial charge in [-0.05, 0) is 38.3 Å². The third-order valence-corrected chi connectivity index (χ3v) is 6.25. The number of furan rings is 1. The van der Waals surface area contributed by atoms with Gasteiger partial charge in [-0.1, -0.05) is 6.92 Å². The molecule has 0 unspecified atom stereocenters. The van der Waals surface area contributed by atoms with E-state index in [1.165, 1.54) is 22.5 Å². The molecular weight excluding hydrogens is 460 g/mol. The van der Waals surface area contributed by atoms with E-state index in [9.17, 15) is 19.2 Å². The minimum atomic E-state index is -0.373. The number of nitrogens with zero attached hydrogens (tertiary/aromatic N) is 3. The van der Waals surface area contributed by atoms with Gasteiger partial charge in [-0.15, -0.1) is 11.3 Å². The van der Waals surface area contributed by atoms with Crippen molar-refractivity contribution in [3.63, 3.8) is 0 Å². The lowest BCUT2D eigenvalue weighted by molar-refractivity contribution is -0.151. The minimum absolute atomic E-state index is 0.0661. The fourth-order valence-corrected chi connectivity index (χ4v) is 4.47. The highest BCUT2D eigenvalue weighted by atomic mass is 32.1. The zero-order chi connectivity index (χ0) is 24.5. The molecule has 1 fully saturated rings. The summed E-state index contributed by atoms with van der Waals surface area (Å²) in [5.74, 6) is -0.957. The summed E-state index contributed by atoms with van der Waals surface area (Å²) >= 11 is 1.23. The van der Waals surface area contributed by atoms with E-state index in [0.29, 0.717) is 56.3 Å². The number of hydrogen-bond acceptors (Lipinski definition) is 8. The highest BCUT2D eigenvalue weighted by Gasteiger charge is 2.28. The Hall–Kier alpha value is -3.21. The van der Waals surface area contributed by atoms with Crippen molar-refractivity contribution in [1.29, 1.82) is 0 Å². The van der Waals surface area contributed by atoms with Gasteiger partial charge in [0.05, 0.1) is 30.9 Å². The van der Waals surface area contributed by atoms with Crippen LogP contribution in [0.25, 0.3) is 0 Å². The van der Waals surface area contributed by atoms with Crippen LogP contribution in [0.4, 0.5) is 5.13 Å². The van der Waals surface area contributed by atoms with Gasteiger partial charge in [0.25, 0.3) is 5.91 Å². The van der Waals surface area contributed by atoms with Gasteiger partial charge in [0, 0.05) is 25.0 Å². The average molecular weight is 491 g/mol. The van der Waals surface area contributed by atoms with E-state index in [-0.39, 0.29) is 48.3 Å². The maximum Gasteiger partial charge on any atom is 0.309 e. The summed E-state index contributed by atoms with van der Waals surface area (Å²) in [5.41, 5.74) is 0.565. The lowest BCUT2D eigenvalue weighted by atomic mass is 9.97. The van der Waals surface area contributed by atoms with E-state index >= 15 is 0 Å². The van der Waals surface area contributed by atoms with Gasteiger partial charge >= 0.3 is 5.97 Å². The second kappa shape index (κ2) is 12.3. The van der Waals surface area contributed by atoms with Crippen LogP contribution in [0.3, 0.4) is 0 Å². The van der Waals surface area contributed by atoms with Crippen molar-refractivity contribution in [3.05, 3.63) is 35.2 Å². The topological polar surface area (TPSA) is 122 Å². The molecule has 3 rings (SSSR count). The normalized spacial score (nSPS) is 14.0. The van der Waals surface area contributed by atoms with Crippen LogP contribution in [0.5, 0.6) is 0 Å². The summed E-state index contributed by atoms with van der Waals surface area (Å²) in [6, 6.07) is 3.19. The predicted octanol–water partition coefficient (Wildman–Crippen LogP) is 2.57. The Balaban J connectivity index is 1.48. The summed E-state index contributed by atoms with van der Waals surface area (Å²) in [6.07, 6.45) is 3.41. The molecule has 11 heteroatoms. The molecule has 1 saturated heterocycles. The summed E-state index contributed by atoms with van der Waals surface area (Å²) in [5, 5.41) is 4.81. The zero-order valence-electron chi connectivity index (χ0n) is 19.5. The number of likely N-dealkylation sites (tertiary alicyclic amines) is 1. The molecule has 0 saturated carbocycles. The van der Waals surface area contributed by atoms with E-state index in [1.807, 2.05) is 6.92 Å². The Morgan fingerprint density at radius 1 is 1.26 bits per heavy atom. The predicted molar refractivity (Wildman–Crippen MR) is 125 cm³/mol. The van der Waals surface area contributed by atoms with Crippen molar-refractivity contribution >= 4 is 40.2 Å². The van der Waals surface area contributed by atoms with E-state index in [2.05, 4.69) is 10.3 Å². The van der Waals surface area contributed by atoms with Crippen LogP contribution < -0.4 is 5.32 Å². The first-order chi connectivity index (χ1) is 16.4. The maximum absolute atomic E-state index is 12.6. The highest BCUT2D eigenvalue weighted by Crippen LogP contribution is 2.21. The number of amides is 3. The molecular formula is C23H30N4O6S. The number of carbonyl (C=O) groups excluding carboxylic acids is 4. The van der Waals surface area contributed by atoms with E-state index < -0.39 is 0 Å².